The van der Waals surface area contributed by atoms with E-state index in [0.717, 1.165) is 17.5 Å². The number of hydrogen-bond acceptors (Lipinski definition) is 3. The van der Waals surface area contributed by atoms with Crippen LogP contribution in [0.1, 0.15) is 37.3 Å². The number of benzene rings is 1. The molecule has 0 amide bonds. The predicted molar refractivity (Wildman–Crippen MR) is 82.5 cm³/mol. The van der Waals surface area contributed by atoms with Crippen LogP contribution in [0.4, 0.5) is 0 Å². The van der Waals surface area contributed by atoms with E-state index in [1.54, 1.807) is 0 Å². The molecule has 0 unspecified atom stereocenters. The minimum Gasteiger partial charge on any atom is -0.481 e. The summed E-state index contributed by atoms with van der Waals surface area (Å²) in [6, 6.07) is 7.75. The van der Waals surface area contributed by atoms with E-state index in [-0.39, 0.29) is 18.6 Å². The van der Waals surface area contributed by atoms with E-state index in [4.69, 9.17) is 5.11 Å². The molecule has 0 atom stereocenters. The van der Waals surface area contributed by atoms with Crippen LogP contribution in [0.25, 0.3) is 0 Å². The fourth-order valence-corrected chi connectivity index (χ4v) is 3.57. The first-order chi connectivity index (χ1) is 9.85. The Morgan fingerprint density at radius 2 is 1.86 bits per heavy atom. The third kappa shape index (κ3) is 6.27. The molecule has 6 heteroatoms. The van der Waals surface area contributed by atoms with Crippen molar-refractivity contribution < 1.29 is 18.3 Å². The quantitative estimate of drug-likeness (QED) is 0.759. The van der Waals surface area contributed by atoms with Crippen molar-refractivity contribution in [3.8, 4) is 0 Å². The number of carboxylic acid groups (broad SMARTS) is 1. The molecule has 1 aromatic rings. The maximum atomic E-state index is 12.3. The molecule has 1 N–H and O–H groups in total. The number of sulfonamides is 1. The van der Waals surface area contributed by atoms with E-state index in [2.05, 4.69) is 0 Å². The van der Waals surface area contributed by atoms with Gasteiger partial charge in [0.15, 0.2) is 0 Å². The van der Waals surface area contributed by atoms with E-state index in [9.17, 15) is 13.2 Å². The molecule has 0 spiro atoms. The third-order valence-corrected chi connectivity index (χ3v) is 5.04. The summed E-state index contributed by atoms with van der Waals surface area (Å²) < 4.78 is 26.1. The Labute approximate surface area is 126 Å². The second-order valence-corrected chi connectivity index (χ2v) is 7.22. The fraction of sp³-hybridized carbons (Fsp3) is 0.533. The van der Waals surface area contributed by atoms with Gasteiger partial charge >= 0.3 is 5.97 Å². The Balaban J connectivity index is 2.74. The first kappa shape index (κ1) is 17.7. The maximum Gasteiger partial charge on any atom is 0.303 e. The van der Waals surface area contributed by atoms with Crippen molar-refractivity contribution in [2.75, 3.05) is 12.3 Å². The lowest BCUT2D eigenvalue weighted by atomic mass is 10.1. The van der Waals surface area contributed by atoms with Crippen LogP contribution >= 0.6 is 0 Å². The average Bonchev–Trinajstić information content (AvgIpc) is 2.40. The predicted octanol–water partition coefficient (Wildman–Crippen LogP) is 2.40. The van der Waals surface area contributed by atoms with E-state index in [1.807, 2.05) is 38.1 Å². The van der Waals surface area contributed by atoms with Gasteiger partial charge in [-0.1, -0.05) is 36.8 Å². The molecular formula is C15H23NO4S. The van der Waals surface area contributed by atoms with E-state index < -0.39 is 16.0 Å². The number of aryl methyl sites for hydroxylation is 1. The largest absolute Gasteiger partial charge is 0.481 e. The normalized spacial score (nSPS) is 11.8. The topological polar surface area (TPSA) is 74.7 Å². The van der Waals surface area contributed by atoms with Crippen LogP contribution in [0.15, 0.2) is 24.3 Å². The van der Waals surface area contributed by atoms with Crippen molar-refractivity contribution in [2.24, 2.45) is 0 Å². The van der Waals surface area contributed by atoms with Gasteiger partial charge < -0.3 is 5.11 Å². The minimum absolute atomic E-state index is 0.120. The molecular weight excluding hydrogens is 290 g/mol. The van der Waals surface area contributed by atoms with Gasteiger partial charge in [-0.2, -0.15) is 4.31 Å². The standard InChI is InChI=1S/C15H23NO4S/c1-3-10-16(12-14-8-6-13(2)7-9-14)21(19,20)11-4-5-15(17)18/h6-9H,3-5,10-12H2,1-2H3,(H,17,18). The summed E-state index contributed by atoms with van der Waals surface area (Å²) in [5.41, 5.74) is 2.07. The highest BCUT2D eigenvalue weighted by Crippen LogP contribution is 2.13. The summed E-state index contributed by atoms with van der Waals surface area (Å²) in [5, 5.41) is 8.61. The zero-order valence-corrected chi connectivity index (χ0v) is 13.4. The van der Waals surface area contributed by atoms with Gasteiger partial charge in [0.05, 0.1) is 5.75 Å². The third-order valence-electron chi connectivity index (χ3n) is 3.14. The highest BCUT2D eigenvalue weighted by Gasteiger charge is 2.21. The summed E-state index contributed by atoms with van der Waals surface area (Å²) in [7, 11) is -3.42. The monoisotopic (exact) mass is 313 g/mol. The van der Waals surface area contributed by atoms with Crippen molar-refractivity contribution in [1.29, 1.82) is 0 Å². The molecule has 0 radical (unpaired) electrons. The molecule has 1 aromatic carbocycles. The lowest BCUT2D eigenvalue weighted by molar-refractivity contribution is -0.137. The lowest BCUT2D eigenvalue weighted by Crippen LogP contribution is -2.33. The van der Waals surface area contributed by atoms with Gasteiger partial charge in [0.2, 0.25) is 10.0 Å². The Bertz CT molecular complexity index is 552. The van der Waals surface area contributed by atoms with Crippen molar-refractivity contribution in [2.45, 2.75) is 39.7 Å². The Kier molecular flexibility index (Phi) is 6.84. The number of carbonyl (C=O) groups is 1. The molecule has 0 saturated carbocycles. The van der Waals surface area contributed by atoms with Crippen molar-refractivity contribution in [3.63, 3.8) is 0 Å². The Morgan fingerprint density at radius 3 is 2.38 bits per heavy atom. The number of hydrogen-bond donors (Lipinski definition) is 1. The van der Waals surface area contributed by atoms with Crippen LogP contribution < -0.4 is 0 Å². The lowest BCUT2D eigenvalue weighted by Gasteiger charge is -2.21. The number of nitrogens with zero attached hydrogens (tertiary/aromatic N) is 1. The van der Waals surface area contributed by atoms with Gasteiger partial charge in [-0.15, -0.1) is 0 Å². The van der Waals surface area contributed by atoms with Gasteiger partial charge in [0, 0.05) is 19.5 Å². The van der Waals surface area contributed by atoms with Gasteiger partial charge in [-0.25, -0.2) is 8.42 Å². The molecule has 0 bridgehead atoms. The first-order valence-electron chi connectivity index (χ1n) is 7.10. The van der Waals surface area contributed by atoms with Crippen molar-refractivity contribution >= 4 is 16.0 Å². The molecule has 0 aliphatic heterocycles. The van der Waals surface area contributed by atoms with Gasteiger partial charge in [0.1, 0.15) is 0 Å². The Hall–Kier alpha value is -1.40. The van der Waals surface area contributed by atoms with Crippen LogP contribution in [-0.4, -0.2) is 36.1 Å². The molecule has 1 rings (SSSR count). The molecule has 5 nitrogen and oxygen atoms in total. The minimum atomic E-state index is -3.42. The zero-order valence-electron chi connectivity index (χ0n) is 12.6. The van der Waals surface area contributed by atoms with Crippen LogP contribution in [0.5, 0.6) is 0 Å². The maximum absolute atomic E-state index is 12.3. The summed E-state index contributed by atoms with van der Waals surface area (Å²) in [6.45, 7) is 4.69. The number of rotatable bonds is 9. The molecule has 0 aromatic heterocycles. The first-order valence-corrected chi connectivity index (χ1v) is 8.71. The fourth-order valence-electron chi connectivity index (χ4n) is 2.00. The SMILES string of the molecule is CCCN(Cc1ccc(C)cc1)S(=O)(=O)CCCC(=O)O. The smallest absolute Gasteiger partial charge is 0.303 e. The summed E-state index contributed by atoms with van der Waals surface area (Å²) in [6.07, 6.45) is 0.750. The molecule has 21 heavy (non-hydrogen) atoms. The van der Waals surface area contributed by atoms with Crippen LogP contribution in [0, 0.1) is 6.92 Å². The van der Waals surface area contributed by atoms with E-state index in [1.165, 1.54) is 4.31 Å². The summed E-state index contributed by atoms with van der Waals surface area (Å²) in [4.78, 5) is 10.5. The average molecular weight is 313 g/mol. The van der Waals surface area contributed by atoms with Gasteiger partial charge in [-0.05, 0) is 25.3 Å². The van der Waals surface area contributed by atoms with Crippen LogP contribution in [0.2, 0.25) is 0 Å². The summed E-state index contributed by atoms with van der Waals surface area (Å²) >= 11 is 0. The van der Waals surface area contributed by atoms with Crippen molar-refractivity contribution in [1.82, 2.24) is 4.31 Å². The molecule has 0 saturated heterocycles. The number of aliphatic carboxylic acids is 1. The van der Waals surface area contributed by atoms with E-state index >= 15 is 0 Å². The molecule has 0 heterocycles. The number of carboxylic acids is 1. The highest BCUT2D eigenvalue weighted by molar-refractivity contribution is 7.89. The second-order valence-electron chi connectivity index (χ2n) is 5.13. The molecule has 0 aliphatic carbocycles. The molecule has 118 valence electrons. The van der Waals surface area contributed by atoms with Gasteiger partial charge in [-0.3, -0.25) is 4.79 Å². The van der Waals surface area contributed by atoms with Crippen LogP contribution in [-0.2, 0) is 21.4 Å². The van der Waals surface area contributed by atoms with Gasteiger partial charge in [0.25, 0.3) is 0 Å². The highest BCUT2D eigenvalue weighted by atomic mass is 32.2. The molecule has 0 fully saturated rings. The second kappa shape index (κ2) is 8.14. The Morgan fingerprint density at radius 1 is 1.24 bits per heavy atom. The zero-order chi connectivity index (χ0) is 15.9. The van der Waals surface area contributed by atoms with E-state index in [0.29, 0.717) is 13.1 Å². The molecule has 0 aliphatic rings. The van der Waals surface area contributed by atoms with Crippen molar-refractivity contribution in [3.05, 3.63) is 35.4 Å². The van der Waals surface area contributed by atoms with Crippen LogP contribution in [0.3, 0.4) is 0 Å². The summed E-state index contributed by atoms with van der Waals surface area (Å²) in [5.74, 6) is -1.09.